The van der Waals surface area contributed by atoms with E-state index in [1.807, 2.05) is 30.0 Å². The van der Waals surface area contributed by atoms with Crippen molar-refractivity contribution >= 4 is 11.8 Å². The minimum absolute atomic E-state index is 0.318. The van der Waals surface area contributed by atoms with Gasteiger partial charge in [0, 0.05) is 11.7 Å². The predicted octanol–water partition coefficient (Wildman–Crippen LogP) is 2.49. The quantitative estimate of drug-likeness (QED) is 0.877. The molecule has 0 aliphatic carbocycles. The SMILES string of the molecule is COc1cccc(CC2(O)CCSC2C)c1. The molecule has 16 heavy (non-hydrogen) atoms. The molecule has 2 rings (SSSR count). The number of rotatable bonds is 3. The van der Waals surface area contributed by atoms with Crippen LogP contribution in [0.1, 0.15) is 18.9 Å². The van der Waals surface area contributed by atoms with Gasteiger partial charge in [-0.3, -0.25) is 0 Å². The van der Waals surface area contributed by atoms with Crippen molar-refractivity contribution in [2.24, 2.45) is 0 Å². The molecule has 3 heteroatoms. The van der Waals surface area contributed by atoms with Gasteiger partial charge in [-0.1, -0.05) is 19.1 Å². The lowest BCUT2D eigenvalue weighted by atomic mass is 9.89. The van der Waals surface area contributed by atoms with E-state index in [0.29, 0.717) is 5.25 Å². The number of aliphatic hydroxyl groups is 1. The monoisotopic (exact) mass is 238 g/mol. The average molecular weight is 238 g/mol. The van der Waals surface area contributed by atoms with E-state index in [-0.39, 0.29) is 0 Å². The molecule has 1 N–H and O–H groups in total. The highest BCUT2D eigenvalue weighted by Gasteiger charge is 2.38. The number of hydrogen-bond donors (Lipinski definition) is 1. The molecule has 88 valence electrons. The van der Waals surface area contributed by atoms with E-state index in [4.69, 9.17) is 4.74 Å². The standard InChI is InChI=1S/C13H18O2S/c1-10-13(14,6-7-16-10)9-11-4-3-5-12(8-11)15-2/h3-5,8,10,14H,6-7,9H2,1-2H3. The maximum Gasteiger partial charge on any atom is 0.119 e. The summed E-state index contributed by atoms with van der Waals surface area (Å²) in [5.41, 5.74) is 0.605. The average Bonchev–Trinajstić information content (AvgIpc) is 2.59. The Bertz CT molecular complexity index is 367. The van der Waals surface area contributed by atoms with E-state index in [1.165, 1.54) is 0 Å². The minimum atomic E-state index is -0.545. The van der Waals surface area contributed by atoms with Crippen LogP contribution in [-0.2, 0) is 6.42 Å². The lowest BCUT2D eigenvalue weighted by Crippen LogP contribution is -2.36. The fraction of sp³-hybridized carbons (Fsp3) is 0.538. The summed E-state index contributed by atoms with van der Waals surface area (Å²) in [6, 6.07) is 7.97. The highest BCUT2D eigenvalue weighted by Crippen LogP contribution is 2.38. The van der Waals surface area contributed by atoms with Crippen LogP contribution < -0.4 is 4.74 Å². The molecule has 0 radical (unpaired) electrons. The Morgan fingerprint density at radius 2 is 2.38 bits per heavy atom. The van der Waals surface area contributed by atoms with Crippen LogP contribution in [0.15, 0.2) is 24.3 Å². The van der Waals surface area contributed by atoms with Gasteiger partial charge in [0.15, 0.2) is 0 Å². The van der Waals surface area contributed by atoms with Crippen LogP contribution in [0.2, 0.25) is 0 Å². The molecule has 1 fully saturated rings. The number of methoxy groups -OCH3 is 1. The molecule has 2 atom stereocenters. The Morgan fingerprint density at radius 3 is 3.00 bits per heavy atom. The van der Waals surface area contributed by atoms with Crippen molar-refractivity contribution in [3.8, 4) is 5.75 Å². The summed E-state index contributed by atoms with van der Waals surface area (Å²) in [4.78, 5) is 0. The van der Waals surface area contributed by atoms with Crippen LogP contribution in [0.3, 0.4) is 0 Å². The zero-order chi connectivity index (χ0) is 11.6. The summed E-state index contributed by atoms with van der Waals surface area (Å²) in [7, 11) is 1.67. The molecule has 0 aromatic heterocycles. The highest BCUT2D eigenvalue weighted by molar-refractivity contribution is 8.00. The molecule has 1 aliphatic heterocycles. The summed E-state index contributed by atoms with van der Waals surface area (Å²) in [5.74, 6) is 1.92. The van der Waals surface area contributed by atoms with Crippen LogP contribution >= 0.6 is 11.8 Å². The summed E-state index contributed by atoms with van der Waals surface area (Å²) in [6.07, 6.45) is 1.61. The molecule has 1 saturated heterocycles. The Hall–Kier alpha value is -0.670. The molecule has 0 bridgehead atoms. The molecule has 2 unspecified atom stereocenters. The second-order valence-electron chi connectivity index (χ2n) is 4.39. The Labute approximate surface area is 101 Å². The molecule has 1 heterocycles. The van der Waals surface area contributed by atoms with Gasteiger partial charge in [0.1, 0.15) is 5.75 Å². The lowest BCUT2D eigenvalue weighted by molar-refractivity contribution is 0.0464. The van der Waals surface area contributed by atoms with Crippen molar-refractivity contribution in [3.05, 3.63) is 29.8 Å². The largest absolute Gasteiger partial charge is 0.497 e. The first-order valence-corrected chi connectivity index (χ1v) is 6.66. The third-order valence-corrected chi connectivity index (χ3v) is 4.68. The third kappa shape index (κ3) is 2.36. The van der Waals surface area contributed by atoms with Crippen molar-refractivity contribution in [1.29, 1.82) is 0 Å². The molecule has 1 aromatic rings. The molecular weight excluding hydrogens is 220 g/mol. The fourth-order valence-electron chi connectivity index (χ4n) is 2.14. The fourth-order valence-corrected chi connectivity index (χ4v) is 3.48. The number of hydrogen-bond acceptors (Lipinski definition) is 3. The van der Waals surface area contributed by atoms with Crippen LogP contribution in [0.5, 0.6) is 5.75 Å². The van der Waals surface area contributed by atoms with E-state index < -0.39 is 5.60 Å². The normalized spacial score (nSPS) is 29.3. The van der Waals surface area contributed by atoms with Gasteiger partial charge in [-0.15, -0.1) is 0 Å². The van der Waals surface area contributed by atoms with Gasteiger partial charge in [0.05, 0.1) is 12.7 Å². The van der Waals surface area contributed by atoms with Crippen LogP contribution in [0, 0.1) is 0 Å². The van der Waals surface area contributed by atoms with Gasteiger partial charge in [-0.25, -0.2) is 0 Å². The lowest BCUT2D eigenvalue weighted by Gasteiger charge is -2.27. The topological polar surface area (TPSA) is 29.5 Å². The molecule has 2 nitrogen and oxygen atoms in total. The second kappa shape index (κ2) is 4.68. The number of thioether (sulfide) groups is 1. The smallest absolute Gasteiger partial charge is 0.119 e. The first-order valence-electron chi connectivity index (χ1n) is 5.61. The molecule has 0 amide bonds. The zero-order valence-corrected chi connectivity index (χ0v) is 10.6. The molecule has 0 spiro atoms. The summed E-state index contributed by atoms with van der Waals surface area (Å²) < 4.78 is 5.19. The summed E-state index contributed by atoms with van der Waals surface area (Å²) >= 11 is 1.85. The molecule has 0 saturated carbocycles. The Balaban J connectivity index is 2.13. The first kappa shape index (κ1) is 11.8. The van der Waals surface area contributed by atoms with Gasteiger partial charge in [0.25, 0.3) is 0 Å². The summed E-state index contributed by atoms with van der Waals surface area (Å²) in [5, 5.41) is 10.8. The van der Waals surface area contributed by atoms with Gasteiger partial charge in [0.2, 0.25) is 0 Å². The third-order valence-electron chi connectivity index (χ3n) is 3.30. The van der Waals surface area contributed by atoms with E-state index in [1.54, 1.807) is 7.11 Å². The van der Waals surface area contributed by atoms with Crippen LogP contribution in [0.4, 0.5) is 0 Å². The minimum Gasteiger partial charge on any atom is -0.497 e. The van der Waals surface area contributed by atoms with Gasteiger partial charge in [-0.2, -0.15) is 11.8 Å². The van der Waals surface area contributed by atoms with Crippen molar-refractivity contribution in [2.45, 2.75) is 30.6 Å². The van der Waals surface area contributed by atoms with Crippen LogP contribution in [-0.4, -0.2) is 28.8 Å². The first-order chi connectivity index (χ1) is 7.64. The van der Waals surface area contributed by atoms with Gasteiger partial charge >= 0.3 is 0 Å². The van der Waals surface area contributed by atoms with Crippen molar-refractivity contribution < 1.29 is 9.84 Å². The zero-order valence-electron chi connectivity index (χ0n) is 9.77. The van der Waals surface area contributed by atoms with E-state index in [2.05, 4.69) is 13.0 Å². The maximum atomic E-state index is 10.5. The Kier molecular flexibility index (Phi) is 3.45. The summed E-state index contributed by atoms with van der Waals surface area (Å²) in [6.45, 7) is 2.11. The molecular formula is C13H18O2S. The molecule has 1 aliphatic rings. The Morgan fingerprint density at radius 1 is 1.56 bits per heavy atom. The van der Waals surface area contributed by atoms with E-state index in [0.717, 1.165) is 29.9 Å². The maximum absolute atomic E-state index is 10.5. The van der Waals surface area contributed by atoms with E-state index in [9.17, 15) is 5.11 Å². The van der Waals surface area contributed by atoms with Crippen molar-refractivity contribution in [1.82, 2.24) is 0 Å². The highest BCUT2D eigenvalue weighted by atomic mass is 32.2. The predicted molar refractivity (Wildman–Crippen MR) is 68.2 cm³/mol. The van der Waals surface area contributed by atoms with Crippen LogP contribution in [0.25, 0.3) is 0 Å². The molecule has 1 aromatic carbocycles. The number of benzene rings is 1. The van der Waals surface area contributed by atoms with Crippen molar-refractivity contribution in [2.75, 3.05) is 12.9 Å². The second-order valence-corrected chi connectivity index (χ2v) is 5.84. The van der Waals surface area contributed by atoms with E-state index >= 15 is 0 Å². The van der Waals surface area contributed by atoms with Gasteiger partial charge in [-0.05, 0) is 29.9 Å². The van der Waals surface area contributed by atoms with Crippen molar-refractivity contribution in [3.63, 3.8) is 0 Å². The van der Waals surface area contributed by atoms with Gasteiger partial charge < -0.3 is 9.84 Å². The number of ether oxygens (including phenoxy) is 1.